The van der Waals surface area contributed by atoms with Gasteiger partial charge in [0.15, 0.2) is 0 Å². The van der Waals surface area contributed by atoms with Gasteiger partial charge in [-0.15, -0.1) is 0 Å². The second-order valence-electron chi connectivity index (χ2n) is 1.15. The Kier molecular flexibility index (Phi) is 10.6. The van der Waals surface area contributed by atoms with Crippen molar-refractivity contribution in [3.63, 3.8) is 0 Å². The van der Waals surface area contributed by atoms with Crippen molar-refractivity contribution in [3.8, 4) is 0 Å². The molecule has 0 fully saturated rings. The fourth-order valence-electron chi connectivity index (χ4n) is 0.167. The quantitative estimate of drug-likeness (QED) is 0.379. The third kappa shape index (κ3) is 15.6. The van der Waals surface area contributed by atoms with Crippen molar-refractivity contribution in [3.05, 3.63) is 12.4 Å². The molecule has 0 bridgehead atoms. The minimum atomic E-state index is -1.08. The van der Waals surface area contributed by atoms with Gasteiger partial charge in [0.1, 0.15) is 0 Å². The summed E-state index contributed by atoms with van der Waals surface area (Å²) in [5, 5.41) is 18.2. The van der Waals surface area contributed by atoms with Gasteiger partial charge in [0.2, 0.25) is 0 Å². The predicted molar refractivity (Wildman–Crippen MR) is 27.1 cm³/mol. The molecule has 0 saturated heterocycles. The first-order valence-corrected chi connectivity index (χ1v) is 2.21. The molecule has 0 aliphatic rings. The van der Waals surface area contributed by atoms with Gasteiger partial charge >= 0.3 is 29.6 Å². The first-order valence-electron chi connectivity index (χ1n) is 2.21. The van der Waals surface area contributed by atoms with Crippen molar-refractivity contribution in [1.29, 1.82) is 0 Å². The molecule has 1 aromatic rings. The number of hydrogen-bond donors (Lipinski definition) is 1. The number of H-pyrrole nitrogens is 1. The van der Waals surface area contributed by atoms with Gasteiger partial charge < -0.3 is 9.90 Å². The van der Waals surface area contributed by atoms with E-state index in [2.05, 4.69) is 15.4 Å². The summed E-state index contributed by atoms with van der Waals surface area (Å²) in [4.78, 5) is 8.89. The summed E-state index contributed by atoms with van der Waals surface area (Å²) in [6, 6.07) is 0. The molecule has 1 heterocycles. The van der Waals surface area contributed by atoms with Crippen LogP contribution in [0.3, 0.4) is 0 Å². The van der Waals surface area contributed by atoms with Crippen LogP contribution >= 0.6 is 0 Å². The molecule has 0 amide bonds. The monoisotopic (exact) mass is 151 g/mol. The zero-order valence-corrected chi connectivity index (χ0v) is 7.87. The number of carbonyl (C=O) groups excluding carboxylic acids is 1. The number of aromatic nitrogens is 3. The molecule has 0 aliphatic carbocycles. The molecule has 0 aliphatic heterocycles. The average Bonchev–Trinajstić information content (AvgIpc) is 2.11. The van der Waals surface area contributed by atoms with E-state index in [0.29, 0.717) is 0 Å². The van der Waals surface area contributed by atoms with E-state index in [9.17, 15) is 0 Å². The third-order valence-electron chi connectivity index (χ3n) is 0.331. The van der Waals surface area contributed by atoms with Crippen molar-refractivity contribution in [2.75, 3.05) is 0 Å². The molecule has 1 rings (SSSR count). The van der Waals surface area contributed by atoms with Crippen molar-refractivity contribution in [2.24, 2.45) is 0 Å². The third-order valence-corrected chi connectivity index (χ3v) is 0.331. The Morgan fingerprint density at radius 2 is 1.80 bits per heavy atom. The number of carboxylic acids is 1. The molecule has 0 saturated carbocycles. The Morgan fingerprint density at radius 1 is 1.50 bits per heavy atom. The van der Waals surface area contributed by atoms with Crippen molar-refractivity contribution in [2.45, 2.75) is 6.92 Å². The van der Waals surface area contributed by atoms with Crippen molar-refractivity contribution < 1.29 is 39.5 Å². The summed E-state index contributed by atoms with van der Waals surface area (Å²) in [5.74, 6) is -1.08. The summed E-state index contributed by atoms with van der Waals surface area (Å²) in [6.45, 7) is 0.972. The first-order chi connectivity index (χ1) is 4.23. The molecule has 6 heteroatoms. The molecule has 5 nitrogen and oxygen atoms in total. The van der Waals surface area contributed by atoms with E-state index in [-0.39, 0.29) is 29.6 Å². The number of hydrogen-bond acceptors (Lipinski definition) is 4. The van der Waals surface area contributed by atoms with Gasteiger partial charge in [-0.05, 0) is 6.92 Å². The standard InChI is InChI=1S/C2H3N3.C2H4O2.Na/c1-2-4-5-3-1;1-2(3)4;/h1-2H,(H,3,4,5);1H3,(H,3,4);/q;;+1/p-1. The topological polar surface area (TPSA) is 81.7 Å². The van der Waals surface area contributed by atoms with Crippen LogP contribution in [0.25, 0.3) is 0 Å². The fourth-order valence-corrected chi connectivity index (χ4v) is 0.167. The smallest absolute Gasteiger partial charge is 0.550 e. The normalized spacial score (nSPS) is 6.50. The number of carbonyl (C=O) groups is 1. The van der Waals surface area contributed by atoms with Crippen LogP contribution in [0.15, 0.2) is 12.4 Å². The molecular weight excluding hydrogens is 145 g/mol. The van der Waals surface area contributed by atoms with Crippen LogP contribution in [0.1, 0.15) is 6.92 Å². The Hall–Kier alpha value is -0.390. The summed E-state index contributed by atoms with van der Waals surface area (Å²) in [7, 11) is 0. The SMILES string of the molecule is CC(=O)[O-].[Na+].c1cn[nH]n1. The first kappa shape index (κ1) is 12.3. The van der Waals surface area contributed by atoms with Crippen molar-refractivity contribution in [1.82, 2.24) is 15.4 Å². The van der Waals surface area contributed by atoms with Crippen LogP contribution < -0.4 is 34.7 Å². The number of aliphatic carboxylic acids is 1. The molecule has 0 aromatic carbocycles. The Labute approximate surface area is 80.1 Å². The van der Waals surface area contributed by atoms with E-state index >= 15 is 0 Å². The molecule has 0 atom stereocenters. The van der Waals surface area contributed by atoms with Crippen molar-refractivity contribution >= 4 is 5.97 Å². The van der Waals surface area contributed by atoms with E-state index in [1.54, 1.807) is 12.4 Å². The van der Waals surface area contributed by atoms with Gasteiger partial charge in [-0.1, -0.05) is 0 Å². The van der Waals surface area contributed by atoms with Crippen LogP contribution in [0.2, 0.25) is 0 Å². The molecule has 0 radical (unpaired) electrons. The summed E-state index contributed by atoms with van der Waals surface area (Å²) < 4.78 is 0. The molecule has 0 unspecified atom stereocenters. The van der Waals surface area contributed by atoms with E-state index in [1.807, 2.05) is 0 Å². The van der Waals surface area contributed by atoms with Gasteiger partial charge in [-0.25, -0.2) is 0 Å². The number of carboxylic acid groups (broad SMARTS) is 1. The minimum Gasteiger partial charge on any atom is -0.550 e. The Bertz CT molecular complexity index is 132. The molecule has 10 heavy (non-hydrogen) atoms. The van der Waals surface area contributed by atoms with Crippen LogP contribution in [0, 0.1) is 0 Å². The number of nitrogens with one attached hydrogen (secondary N) is 1. The van der Waals surface area contributed by atoms with Gasteiger partial charge in [0.05, 0.1) is 12.4 Å². The van der Waals surface area contributed by atoms with Crippen LogP contribution in [0.4, 0.5) is 0 Å². The Morgan fingerprint density at radius 3 is 1.90 bits per heavy atom. The summed E-state index contributed by atoms with van der Waals surface area (Å²) in [5.41, 5.74) is 0. The molecular formula is C4H6N3NaO2. The van der Waals surface area contributed by atoms with Gasteiger partial charge in [-0.3, -0.25) is 0 Å². The van der Waals surface area contributed by atoms with E-state index in [1.165, 1.54) is 0 Å². The van der Waals surface area contributed by atoms with Gasteiger partial charge in [-0.2, -0.15) is 15.4 Å². The van der Waals surface area contributed by atoms with Gasteiger partial charge in [0, 0.05) is 5.97 Å². The second kappa shape index (κ2) is 8.61. The second-order valence-corrected chi connectivity index (χ2v) is 1.15. The van der Waals surface area contributed by atoms with Crippen LogP contribution in [-0.2, 0) is 4.79 Å². The average molecular weight is 151 g/mol. The number of aromatic amines is 1. The maximum atomic E-state index is 8.89. The molecule has 1 aromatic heterocycles. The minimum absolute atomic E-state index is 0. The molecule has 0 spiro atoms. The zero-order chi connectivity index (χ0) is 7.11. The molecule has 1 N–H and O–H groups in total. The number of nitrogens with zero attached hydrogens (tertiary/aromatic N) is 2. The zero-order valence-electron chi connectivity index (χ0n) is 5.87. The molecule has 50 valence electrons. The van der Waals surface area contributed by atoms with Crippen LogP contribution in [-0.4, -0.2) is 21.4 Å². The van der Waals surface area contributed by atoms with Crippen LogP contribution in [0.5, 0.6) is 0 Å². The Balaban J connectivity index is 0. The fraction of sp³-hybridized carbons (Fsp3) is 0.250. The number of rotatable bonds is 0. The van der Waals surface area contributed by atoms with E-state index in [0.717, 1.165) is 6.92 Å². The summed E-state index contributed by atoms with van der Waals surface area (Å²) >= 11 is 0. The van der Waals surface area contributed by atoms with Gasteiger partial charge in [0.25, 0.3) is 0 Å². The summed E-state index contributed by atoms with van der Waals surface area (Å²) in [6.07, 6.45) is 3.17. The predicted octanol–water partition coefficient (Wildman–Crippen LogP) is -4.44. The van der Waals surface area contributed by atoms with E-state index in [4.69, 9.17) is 9.90 Å². The largest absolute Gasteiger partial charge is 1.00 e. The maximum absolute atomic E-state index is 8.89. The maximum Gasteiger partial charge on any atom is 1.00 e. The van der Waals surface area contributed by atoms with E-state index < -0.39 is 5.97 Å².